The molecule has 6 nitrogen and oxygen atoms in total. The fourth-order valence-corrected chi connectivity index (χ4v) is 3.83. The van der Waals surface area contributed by atoms with E-state index in [0.717, 1.165) is 23.9 Å². The summed E-state index contributed by atoms with van der Waals surface area (Å²) in [5, 5.41) is 0.852. The molecule has 0 radical (unpaired) electrons. The summed E-state index contributed by atoms with van der Waals surface area (Å²) in [6.07, 6.45) is 7.86. The minimum Gasteiger partial charge on any atom is -0.336 e. The Morgan fingerprint density at radius 2 is 1.71 bits per heavy atom. The molecule has 0 aromatic carbocycles. The van der Waals surface area contributed by atoms with E-state index >= 15 is 0 Å². The van der Waals surface area contributed by atoms with E-state index in [2.05, 4.69) is 11.9 Å². The molecule has 1 aliphatic carbocycles. The van der Waals surface area contributed by atoms with Gasteiger partial charge in [0.25, 0.3) is 11.1 Å². The predicted octanol–water partition coefficient (Wildman–Crippen LogP) is 2.18. The quantitative estimate of drug-likeness (QED) is 0.549. The zero-order valence-electron chi connectivity index (χ0n) is 13.6. The molecule has 4 rings (SSSR count). The first kappa shape index (κ1) is 14.9. The van der Waals surface area contributed by atoms with Crippen LogP contribution in [0.4, 0.5) is 0 Å². The van der Waals surface area contributed by atoms with Crippen LogP contribution in [0.25, 0.3) is 21.8 Å². The van der Waals surface area contributed by atoms with Crippen molar-refractivity contribution in [2.75, 3.05) is 5.84 Å². The van der Waals surface area contributed by atoms with Crippen molar-refractivity contribution in [2.45, 2.75) is 38.6 Å². The number of aromatic nitrogens is 3. The van der Waals surface area contributed by atoms with Gasteiger partial charge >= 0.3 is 0 Å². The van der Waals surface area contributed by atoms with Crippen LogP contribution in [0, 0.1) is 5.92 Å². The van der Waals surface area contributed by atoms with E-state index in [-0.39, 0.29) is 17.2 Å². The zero-order chi connectivity index (χ0) is 16.8. The molecule has 0 aliphatic heterocycles. The second-order valence-electron chi connectivity index (χ2n) is 6.74. The van der Waals surface area contributed by atoms with Crippen molar-refractivity contribution >= 4 is 21.8 Å². The van der Waals surface area contributed by atoms with Crippen molar-refractivity contribution in [2.24, 2.45) is 5.92 Å². The van der Waals surface area contributed by atoms with Gasteiger partial charge in [-0.2, -0.15) is 0 Å². The third-order valence-electron chi connectivity index (χ3n) is 5.22. The summed E-state index contributed by atoms with van der Waals surface area (Å²) in [6, 6.07) is 5.40. The van der Waals surface area contributed by atoms with Crippen molar-refractivity contribution in [3.05, 3.63) is 51.3 Å². The Morgan fingerprint density at radius 3 is 2.46 bits per heavy atom. The van der Waals surface area contributed by atoms with Crippen LogP contribution in [0.3, 0.4) is 0 Å². The van der Waals surface area contributed by atoms with Crippen molar-refractivity contribution in [3.8, 4) is 0 Å². The van der Waals surface area contributed by atoms with E-state index in [1.54, 1.807) is 12.1 Å². The topological polar surface area (TPSA) is 82.9 Å². The Kier molecular flexibility index (Phi) is 3.40. The van der Waals surface area contributed by atoms with Gasteiger partial charge < -0.3 is 10.4 Å². The van der Waals surface area contributed by atoms with E-state index < -0.39 is 0 Å². The highest BCUT2D eigenvalue weighted by Crippen LogP contribution is 2.32. The Morgan fingerprint density at radius 1 is 1.04 bits per heavy atom. The van der Waals surface area contributed by atoms with Crippen molar-refractivity contribution in [1.82, 2.24) is 14.2 Å². The minimum absolute atomic E-state index is 0.0764. The first-order valence-electron chi connectivity index (χ1n) is 8.38. The molecule has 3 aromatic rings. The molecule has 1 saturated carbocycles. The molecule has 0 spiro atoms. The molecule has 2 unspecified atom stereocenters. The summed E-state index contributed by atoms with van der Waals surface area (Å²) in [4.78, 5) is 29.7. The second kappa shape index (κ2) is 5.47. The molecule has 3 aromatic heterocycles. The normalized spacial score (nSPS) is 21.4. The lowest BCUT2D eigenvalue weighted by atomic mass is 9.85. The molecule has 124 valence electrons. The number of pyridine rings is 3. The molecule has 6 heteroatoms. The van der Waals surface area contributed by atoms with E-state index in [9.17, 15) is 9.59 Å². The molecular formula is C18H20N4O2. The third-order valence-corrected chi connectivity index (χ3v) is 5.22. The second-order valence-corrected chi connectivity index (χ2v) is 6.74. The maximum Gasteiger partial charge on any atom is 0.278 e. The number of fused-ring (bicyclic) bond motifs is 2. The Balaban J connectivity index is 1.98. The number of nitrogens with two attached hydrogens (primary N) is 1. The van der Waals surface area contributed by atoms with Gasteiger partial charge in [-0.25, -0.2) is 9.66 Å². The fraction of sp³-hybridized carbons (Fsp3) is 0.389. The van der Waals surface area contributed by atoms with Gasteiger partial charge in [-0.05, 0) is 37.0 Å². The van der Waals surface area contributed by atoms with Gasteiger partial charge in [0.05, 0.1) is 21.8 Å². The third kappa shape index (κ3) is 2.21. The summed E-state index contributed by atoms with van der Waals surface area (Å²) >= 11 is 0. The number of rotatable bonds is 1. The van der Waals surface area contributed by atoms with E-state index in [4.69, 9.17) is 5.84 Å². The van der Waals surface area contributed by atoms with Crippen molar-refractivity contribution in [3.63, 3.8) is 0 Å². The van der Waals surface area contributed by atoms with Crippen LogP contribution >= 0.6 is 0 Å². The smallest absolute Gasteiger partial charge is 0.278 e. The van der Waals surface area contributed by atoms with Gasteiger partial charge in [0, 0.05) is 18.4 Å². The standard InChI is InChI=1S/C18H20N4O2/c1-11-4-2-3-5-16(11)21-8-6-14-12(17(21)23)10-13-15(20-14)7-9-22(19)18(13)24/h6-11,16H,2-5,19H2,1H3. The number of hydrogen-bond acceptors (Lipinski definition) is 4. The molecule has 0 saturated heterocycles. The summed E-state index contributed by atoms with van der Waals surface area (Å²) in [6.45, 7) is 2.20. The SMILES string of the molecule is CC1CCCCC1n1ccc2nc3ccn(N)c(=O)c3cc2c1=O. The van der Waals surface area contributed by atoms with E-state index in [1.165, 1.54) is 12.6 Å². The zero-order valence-corrected chi connectivity index (χ0v) is 13.6. The summed E-state index contributed by atoms with van der Waals surface area (Å²) < 4.78 is 2.84. The summed E-state index contributed by atoms with van der Waals surface area (Å²) in [5.41, 5.74) is 0.744. The number of nitrogen functional groups attached to an aromatic ring is 1. The molecule has 0 amide bonds. The lowest BCUT2D eigenvalue weighted by Gasteiger charge is -2.30. The maximum absolute atomic E-state index is 13.0. The fourth-order valence-electron chi connectivity index (χ4n) is 3.83. The molecule has 2 N–H and O–H groups in total. The first-order chi connectivity index (χ1) is 11.6. The highest BCUT2D eigenvalue weighted by atomic mass is 16.1. The van der Waals surface area contributed by atoms with Gasteiger partial charge in [0.1, 0.15) is 0 Å². The van der Waals surface area contributed by atoms with Crippen LogP contribution in [0.2, 0.25) is 0 Å². The average molecular weight is 324 g/mol. The lowest BCUT2D eigenvalue weighted by molar-refractivity contribution is 0.253. The molecule has 2 atom stereocenters. The minimum atomic E-state index is -0.345. The average Bonchev–Trinajstić information content (AvgIpc) is 2.59. The molecule has 3 heterocycles. The molecular weight excluding hydrogens is 304 g/mol. The first-order valence-corrected chi connectivity index (χ1v) is 8.38. The van der Waals surface area contributed by atoms with Crippen LogP contribution in [0.5, 0.6) is 0 Å². The monoisotopic (exact) mass is 324 g/mol. The summed E-state index contributed by atoms with van der Waals surface area (Å²) in [5.74, 6) is 6.10. The van der Waals surface area contributed by atoms with E-state index in [1.807, 2.05) is 16.8 Å². The molecule has 0 bridgehead atoms. The van der Waals surface area contributed by atoms with Crippen molar-refractivity contribution < 1.29 is 0 Å². The van der Waals surface area contributed by atoms with Gasteiger partial charge in [0.2, 0.25) is 0 Å². The van der Waals surface area contributed by atoms with Gasteiger partial charge in [-0.3, -0.25) is 9.59 Å². The van der Waals surface area contributed by atoms with Crippen LogP contribution in [-0.4, -0.2) is 14.2 Å². The molecule has 1 fully saturated rings. The van der Waals surface area contributed by atoms with Crippen LogP contribution in [-0.2, 0) is 0 Å². The number of hydrogen-bond donors (Lipinski definition) is 1. The Hall–Kier alpha value is -2.63. The highest BCUT2D eigenvalue weighted by molar-refractivity contribution is 5.91. The van der Waals surface area contributed by atoms with Gasteiger partial charge in [-0.1, -0.05) is 19.8 Å². The van der Waals surface area contributed by atoms with Crippen LogP contribution in [0.1, 0.15) is 38.6 Å². The molecule has 24 heavy (non-hydrogen) atoms. The highest BCUT2D eigenvalue weighted by Gasteiger charge is 2.24. The van der Waals surface area contributed by atoms with E-state index in [0.29, 0.717) is 27.7 Å². The Bertz CT molecular complexity index is 1050. The van der Waals surface area contributed by atoms with Crippen molar-refractivity contribution in [1.29, 1.82) is 0 Å². The summed E-state index contributed by atoms with van der Waals surface area (Å²) in [7, 11) is 0. The largest absolute Gasteiger partial charge is 0.336 e. The number of nitrogens with zero attached hydrogens (tertiary/aromatic N) is 3. The molecule has 1 aliphatic rings. The Labute approximate surface area is 138 Å². The maximum atomic E-state index is 13.0. The van der Waals surface area contributed by atoms with Crippen LogP contribution < -0.4 is 17.0 Å². The van der Waals surface area contributed by atoms with Gasteiger partial charge in [-0.15, -0.1) is 0 Å². The van der Waals surface area contributed by atoms with Gasteiger partial charge in [0.15, 0.2) is 0 Å². The predicted molar refractivity (Wildman–Crippen MR) is 94.6 cm³/mol. The van der Waals surface area contributed by atoms with Crippen LogP contribution in [0.15, 0.2) is 40.2 Å². The lowest BCUT2D eigenvalue weighted by Crippen LogP contribution is -2.30.